The van der Waals surface area contributed by atoms with E-state index in [0.717, 1.165) is 76.2 Å². The number of thiocarbonyl (C=S) groups is 2. The molecule has 2 aromatic rings. The first-order valence-corrected chi connectivity index (χ1v) is 13.4. The first-order valence-electron chi connectivity index (χ1n) is 12.6. The van der Waals surface area contributed by atoms with Crippen LogP contribution in [0.25, 0.3) is 0 Å². The van der Waals surface area contributed by atoms with Crippen molar-refractivity contribution in [2.75, 3.05) is 65.9 Å². The molecule has 0 bridgehead atoms. The largest absolute Gasteiger partial charge is 0.379 e. The quantitative estimate of drug-likeness (QED) is 0.527. The highest BCUT2D eigenvalue weighted by atomic mass is 32.1. The van der Waals surface area contributed by atoms with Crippen molar-refractivity contribution < 1.29 is 9.47 Å². The number of hydrogen-bond donors (Lipinski definition) is 0. The first kappa shape index (κ1) is 24.0. The average Bonchev–Trinajstić information content (AvgIpc) is 3.37. The summed E-state index contributed by atoms with van der Waals surface area (Å²) < 4.78 is 11.2. The minimum atomic E-state index is -0.102. The predicted octanol–water partition coefficient (Wildman–Crippen LogP) is 2.68. The van der Waals surface area contributed by atoms with Crippen LogP contribution in [0.3, 0.4) is 0 Å². The Morgan fingerprint density at radius 2 is 0.944 bits per heavy atom. The molecule has 6 rings (SSSR count). The minimum Gasteiger partial charge on any atom is -0.379 e. The third-order valence-corrected chi connectivity index (χ3v) is 8.12. The summed E-state index contributed by atoms with van der Waals surface area (Å²) in [5.41, 5.74) is 2.36. The van der Waals surface area contributed by atoms with Crippen LogP contribution < -0.4 is 0 Å². The number of benzene rings is 2. The van der Waals surface area contributed by atoms with E-state index in [4.69, 9.17) is 33.9 Å². The van der Waals surface area contributed by atoms with Crippen molar-refractivity contribution in [1.82, 2.24) is 29.6 Å². The Hall–Kier alpha value is -2.34. The highest BCUT2D eigenvalue weighted by molar-refractivity contribution is 7.80. The topological polar surface area (TPSA) is 37.9 Å². The van der Waals surface area contributed by atoms with Gasteiger partial charge in [-0.3, -0.25) is 9.80 Å². The fraction of sp³-hybridized carbons (Fsp3) is 0.462. The average molecular weight is 525 g/mol. The Balaban J connectivity index is 1.38. The standard InChI is InChI=1S/C26H32N6O2S2/c35-25-29(19-27-11-15-33-16-12-27)23(21-7-3-1-4-8-21)31-26(36)30(20-28-13-17-34-18-14-28)24(32(25)31)22-9-5-2-6-10-22/h1-10,23-24H,11-20H2/t23-,24-/m1/s1. The summed E-state index contributed by atoms with van der Waals surface area (Å²) in [6.45, 7) is 8.08. The van der Waals surface area contributed by atoms with E-state index in [1.165, 1.54) is 11.1 Å². The molecule has 2 aromatic carbocycles. The summed E-state index contributed by atoms with van der Waals surface area (Å²) >= 11 is 12.5. The van der Waals surface area contributed by atoms with Crippen molar-refractivity contribution in [3.05, 3.63) is 71.8 Å². The zero-order valence-corrected chi connectivity index (χ0v) is 21.9. The van der Waals surface area contributed by atoms with Crippen molar-refractivity contribution in [2.24, 2.45) is 0 Å². The van der Waals surface area contributed by atoms with Crippen molar-refractivity contribution in [1.29, 1.82) is 0 Å². The van der Waals surface area contributed by atoms with Gasteiger partial charge in [0.05, 0.1) is 39.8 Å². The fourth-order valence-corrected chi connectivity index (χ4v) is 6.14. The Morgan fingerprint density at radius 3 is 1.31 bits per heavy atom. The van der Waals surface area contributed by atoms with Crippen LogP contribution in [0.4, 0.5) is 0 Å². The molecule has 0 spiro atoms. The van der Waals surface area contributed by atoms with Gasteiger partial charge in [-0.25, -0.2) is 10.0 Å². The highest BCUT2D eigenvalue weighted by Crippen LogP contribution is 2.46. The lowest BCUT2D eigenvalue weighted by molar-refractivity contribution is 0.00389. The highest BCUT2D eigenvalue weighted by Gasteiger charge is 2.55. The molecule has 0 N–H and O–H groups in total. The fourth-order valence-electron chi connectivity index (χ4n) is 5.45. The van der Waals surface area contributed by atoms with E-state index in [1.807, 2.05) is 0 Å². The van der Waals surface area contributed by atoms with Crippen LogP contribution in [0.1, 0.15) is 23.5 Å². The van der Waals surface area contributed by atoms with Gasteiger partial charge in [-0.15, -0.1) is 0 Å². The maximum Gasteiger partial charge on any atom is 0.196 e. The van der Waals surface area contributed by atoms with Gasteiger partial charge in [-0.1, -0.05) is 60.7 Å². The zero-order valence-electron chi connectivity index (χ0n) is 20.3. The summed E-state index contributed by atoms with van der Waals surface area (Å²) in [7, 11) is 0. The summed E-state index contributed by atoms with van der Waals surface area (Å²) in [4.78, 5) is 9.48. The van der Waals surface area contributed by atoms with E-state index >= 15 is 0 Å². The van der Waals surface area contributed by atoms with Crippen molar-refractivity contribution >= 4 is 34.7 Å². The third kappa shape index (κ3) is 4.46. The maximum absolute atomic E-state index is 6.24. The molecule has 4 aliphatic heterocycles. The van der Waals surface area contributed by atoms with Gasteiger partial charge in [0.15, 0.2) is 22.6 Å². The smallest absolute Gasteiger partial charge is 0.196 e. The molecule has 0 aliphatic carbocycles. The monoisotopic (exact) mass is 524 g/mol. The second-order valence-corrected chi connectivity index (χ2v) is 10.2. The number of hydrazine groups is 1. The number of ether oxygens (including phenoxy) is 2. The van der Waals surface area contributed by atoms with Crippen LogP contribution in [-0.2, 0) is 9.47 Å². The molecule has 4 heterocycles. The van der Waals surface area contributed by atoms with Crippen molar-refractivity contribution in [2.45, 2.75) is 12.3 Å². The Labute approximate surface area is 223 Å². The predicted molar refractivity (Wildman–Crippen MR) is 145 cm³/mol. The number of fused-ring (bicyclic) bond motifs is 1. The van der Waals surface area contributed by atoms with Crippen LogP contribution in [0.2, 0.25) is 0 Å². The molecule has 0 radical (unpaired) electrons. The number of rotatable bonds is 6. The van der Waals surface area contributed by atoms with E-state index in [0.29, 0.717) is 0 Å². The van der Waals surface area contributed by atoms with Gasteiger partial charge >= 0.3 is 0 Å². The minimum absolute atomic E-state index is 0.102. The third-order valence-electron chi connectivity index (χ3n) is 7.28. The molecule has 4 saturated heterocycles. The SMILES string of the molecule is S=C1N(CN2CCOCC2)[C@@H](c2ccccc2)N2C(=S)N(CN3CCOCC3)[C@@H](c3ccccc3)N12. The first-order chi connectivity index (χ1) is 17.7. The Bertz CT molecular complexity index is 979. The van der Waals surface area contributed by atoms with Crippen LogP contribution >= 0.6 is 24.4 Å². The normalized spacial score (nSPS) is 25.7. The molecule has 2 atom stereocenters. The van der Waals surface area contributed by atoms with Gasteiger partial charge in [0.25, 0.3) is 0 Å². The maximum atomic E-state index is 6.24. The van der Waals surface area contributed by atoms with Crippen LogP contribution in [0.5, 0.6) is 0 Å². The lowest BCUT2D eigenvalue weighted by atomic mass is 10.1. The molecule has 8 nitrogen and oxygen atoms in total. The van der Waals surface area contributed by atoms with Gasteiger partial charge in [-0.05, 0) is 35.6 Å². The second kappa shape index (κ2) is 10.6. The molecule has 0 amide bonds. The molecule has 0 unspecified atom stereocenters. The molecular weight excluding hydrogens is 492 g/mol. The van der Waals surface area contributed by atoms with Gasteiger partial charge < -0.3 is 19.3 Å². The van der Waals surface area contributed by atoms with E-state index in [9.17, 15) is 0 Å². The molecule has 10 heteroatoms. The summed E-state index contributed by atoms with van der Waals surface area (Å²) in [5.74, 6) is 0. The molecule has 36 heavy (non-hydrogen) atoms. The number of nitrogens with zero attached hydrogens (tertiary/aromatic N) is 6. The van der Waals surface area contributed by atoms with Gasteiger partial charge in [0.1, 0.15) is 0 Å². The lowest BCUT2D eigenvalue weighted by Crippen LogP contribution is -2.50. The molecule has 4 fully saturated rings. The van der Waals surface area contributed by atoms with E-state index < -0.39 is 0 Å². The number of hydrogen-bond acceptors (Lipinski definition) is 6. The molecule has 0 saturated carbocycles. The van der Waals surface area contributed by atoms with Gasteiger partial charge in [-0.2, -0.15) is 0 Å². The van der Waals surface area contributed by atoms with E-state index in [2.05, 4.69) is 90.3 Å². The van der Waals surface area contributed by atoms with Crippen molar-refractivity contribution in [3.63, 3.8) is 0 Å². The molecule has 190 valence electrons. The van der Waals surface area contributed by atoms with E-state index in [1.54, 1.807) is 0 Å². The van der Waals surface area contributed by atoms with Crippen LogP contribution in [0.15, 0.2) is 60.7 Å². The lowest BCUT2D eigenvalue weighted by Gasteiger charge is -2.38. The summed E-state index contributed by atoms with van der Waals surface area (Å²) in [6.07, 6.45) is -0.204. The zero-order chi connectivity index (χ0) is 24.5. The van der Waals surface area contributed by atoms with Crippen LogP contribution in [-0.4, -0.2) is 106 Å². The number of morpholine rings is 2. The van der Waals surface area contributed by atoms with Gasteiger partial charge in [0.2, 0.25) is 0 Å². The molecule has 0 aromatic heterocycles. The molecule has 4 aliphatic rings. The van der Waals surface area contributed by atoms with Crippen molar-refractivity contribution in [3.8, 4) is 0 Å². The Morgan fingerprint density at radius 1 is 0.583 bits per heavy atom. The van der Waals surface area contributed by atoms with Gasteiger partial charge in [0, 0.05) is 26.2 Å². The summed E-state index contributed by atoms with van der Waals surface area (Å²) in [5, 5.41) is 6.09. The van der Waals surface area contributed by atoms with E-state index in [-0.39, 0.29) is 12.3 Å². The van der Waals surface area contributed by atoms with Crippen LogP contribution in [0, 0.1) is 0 Å². The molecular formula is C26H32N6O2S2. The second-order valence-electron chi connectivity index (χ2n) is 9.51. The Kier molecular flexibility index (Phi) is 7.05. The summed E-state index contributed by atoms with van der Waals surface area (Å²) in [6, 6.07) is 21.2.